The molecule has 0 aliphatic carbocycles. The lowest BCUT2D eigenvalue weighted by Crippen LogP contribution is -2.35. The first-order valence-corrected chi connectivity index (χ1v) is 7.75. The van der Waals surface area contributed by atoms with E-state index in [9.17, 15) is 13.2 Å². The van der Waals surface area contributed by atoms with Crippen LogP contribution in [-0.4, -0.2) is 24.7 Å². The number of benzene rings is 1. The molecular weight excluding hydrogens is 335 g/mol. The molecule has 9 heteroatoms. The molecule has 1 amide bonds. The predicted octanol–water partition coefficient (Wildman–Crippen LogP) is 1.36. The highest BCUT2D eigenvalue weighted by molar-refractivity contribution is 7.89. The summed E-state index contributed by atoms with van der Waals surface area (Å²) in [5.74, 6) is -0.710. The second-order valence-corrected chi connectivity index (χ2v) is 7.54. The molecule has 0 unspecified atom stereocenters. The number of nitrogens with two attached hydrogens (primary N) is 1. The maximum atomic E-state index is 11.2. The van der Waals surface area contributed by atoms with Gasteiger partial charge in [-0.1, -0.05) is 46.9 Å². The van der Waals surface area contributed by atoms with Gasteiger partial charge in [-0.2, -0.15) is 0 Å². The van der Waals surface area contributed by atoms with E-state index in [2.05, 4.69) is 5.32 Å². The first-order chi connectivity index (χ1) is 8.60. The lowest BCUT2D eigenvalue weighted by molar-refractivity contribution is -0.120. The second-order valence-electron chi connectivity index (χ2n) is 3.69. The molecule has 106 valence electrons. The molecule has 1 rings (SSSR count). The monoisotopic (exact) mass is 344 g/mol. The fraction of sp³-hybridized carbons (Fsp3) is 0.300. The van der Waals surface area contributed by atoms with Crippen molar-refractivity contribution in [2.75, 3.05) is 6.54 Å². The number of alkyl halides is 3. The molecule has 0 spiro atoms. The van der Waals surface area contributed by atoms with Gasteiger partial charge in [-0.15, -0.1) is 0 Å². The molecule has 0 aromatic heterocycles. The number of amides is 1. The van der Waals surface area contributed by atoms with Crippen molar-refractivity contribution in [2.24, 2.45) is 5.14 Å². The number of halogens is 3. The molecule has 0 aliphatic heterocycles. The number of carbonyl (C=O) groups is 1. The van der Waals surface area contributed by atoms with E-state index in [4.69, 9.17) is 39.9 Å². The van der Waals surface area contributed by atoms with Gasteiger partial charge in [0, 0.05) is 6.54 Å². The van der Waals surface area contributed by atoms with Gasteiger partial charge in [0.2, 0.25) is 10.0 Å². The third kappa shape index (κ3) is 5.54. The van der Waals surface area contributed by atoms with E-state index in [0.717, 1.165) is 5.56 Å². The summed E-state index contributed by atoms with van der Waals surface area (Å²) in [5, 5.41) is 7.40. The fourth-order valence-electron chi connectivity index (χ4n) is 1.27. The maximum Gasteiger partial charge on any atom is 0.272 e. The fourth-order valence-corrected chi connectivity index (χ4v) is 1.98. The average molecular weight is 346 g/mol. The van der Waals surface area contributed by atoms with E-state index in [1.54, 1.807) is 12.1 Å². The zero-order valence-corrected chi connectivity index (χ0v) is 12.7. The average Bonchev–Trinajstić information content (AvgIpc) is 2.27. The highest BCUT2D eigenvalue weighted by atomic mass is 35.6. The molecule has 0 bridgehead atoms. The Hall–Kier alpha value is -0.530. The number of sulfonamides is 1. The SMILES string of the molecule is NS(=O)(=O)c1ccc(CCNC(=O)C(Cl)(Cl)Cl)cc1. The molecule has 0 heterocycles. The highest BCUT2D eigenvalue weighted by Gasteiger charge is 2.29. The van der Waals surface area contributed by atoms with Gasteiger partial charge in [0.1, 0.15) is 0 Å². The van der Waals surface area contributed by atoms with Crippen LogP contribution >= 0.6 is 34.8 Å². The number of nitrogens with one attached hydrogen (secondary N) is 1. The van der Waals surface area contributed by atoms with Gasteiger partial charge < -0.3 is 5.32 Å². The third-order valence-electron chi connectivity index (χ3n) is 2.21. The standard InChI is InChI=1S/C10H11Cl3N2O3S/c11-10(12,13)9(16)15-6-5-7-1-3-8(4-2-7)19(14,17)18/h1-4H,5-6H2,(H,15,16)(H2,14,17,18). The first kappa shape index (κ1) is 16.5. The highest BCUT2D eigenvalue weighted by Crippen LogP contribution is 2.25. The van der Waals surface area contributed by atoms with Crippen LogP contribution < -0.4 is 10.5 Å². The Kier molecular flexibility index (Phi) is 5.46. The van der Waals surface area contributed by atoms with E-state index in [1.807, 2.05) is 0 Å². The van der Waals surface area contributed by atoms with Gasteiger partial charge >= 0.3 is 0 Å². The first-order valence-electron chi connectivity index (χ1n) is 5.07. The van der Waals surface area contributed by atoms with Crippen molar-refractivity contribution >= 4 is 50.7 Å². The van der Waals surface area contributed by atoms with Gasteiger partial charge in [0.05, 0.1) is 4.90 Å². The van der Waals surface area contributed by atoms with Crippen molar-refractivity contribution in [2.45, 2.75) is 15.1 Å². The minimum Gasteiger partial charge on any atom is -0.352 e. The molecule has 0 saturated heterocycles. The Labute approximate surface area is 126 Å². The van der Waals surface area contributed by atoms with Gasteiger partial charge in [-0.25, -0.2) is 13.6 Å². The summed E-state index contributed by atoms with van der Waals surface area (Å²) in [6.45, 7) is 0.265. The van der Waals surface area contributed by atoms with E-state index in [0.29, 0.717) is 6.42 Å². The number of primary sulfonamides is 1. The van der Waals surface area contributed by atoms with Crippen molar-refractivity contribution in [3.8, 4) is 0 Å². The van der Waals surface area contributed by atoms with Crippen LogP contribution in [0.15, 0.2) is 29.2 Å². The lowest BCUT2D eigenvalue weighted by atomic mass is 10.1. The molecule has 0 radical (unpaired) electrons. The summed E-state index contributed by atoms with van der Waals surface area (Å²) < 4.78 is 20.1. The van der Waals surface area contributed by atoms with E-state index >= 15 is 0 Å². The van der Waals surface area contributed by atoms with Crippen molar-refractivity contribution in [3.63, 3.8) is 0 Å². The number of hydrogen-bond acceptors (Lipinski definition) is 3. The molecule has 1 aromatic carbocycles. The number of hydrogen-bond donors (Lipinski definition) is 2. The molecule has 0 aliphatic rings. The zero-order valence-electron chi connectivity index (χ0n) is 9.57. The Balaban J connectivity index is 2.54. The molecule has 3 N–H and O–H groups in total. The zero-order chi connectivity index (χ0) is 14.7. The number of rotatable bonds is 4. The van der Waals surface area contributed by atoms with Crippen LogP contribution in [0.3, 0.4) is 0 Å². The number of carbonyl (C=O) groups excluding carboxylic acids is 1. The van der Waals surface area contributed by atoms with Gasteiger partial charge in [-0.3, -0.25) is 4.79 Å². The van der Waals surface area contributed by atoms with Crippen LogP contribution in [0.1, 0.15) is 5.56 Å². The maximum absolute atomic E-state index is 11.2. The molecule has 0 saturated carbocycles. The molecule has 1 aromatic rings. The predicted molar refractivity (Wildman–Crippen MR) is 74.8 cm³/mol. The minimum atomic E-state index is -3.69. The largest absolute Gasteiger partial charge is 0.352 e. The summed E-state index contributed by atoms with van der Waals surface area (Å²) in [6, 6.07) is 5.98. The second kappa shape index (κ2) is 6.28. The van der Waals surface area contributed by atoms with E-state index in [-0.39, 0.29) is 11.4 Å². The van der Waals surface area contributed by atoms with Gasteiger partial charge in [-0.05, 0) is 24.1 Å². The van der Waals surface area contributed by atoms with Crippen molar-refractivity contribution in [1.29, 1.82) is 0 Å². The molecular formula is C10H11Cl3N2O3S. The van der Waals surface area contributed by atoms with Crippen LogP contribution in [0.5, 0.6) is 0 Å². The quantitative estimate of drug-likeness (QED) is 0.808. The van der Waals surface area contributed by atoms with Crippen LogP contribution in [-0.2, 0) is 21.2 Å². The summed E-state index contributed by atoms with van der Waals surface area (Å²) in [6.07, 6.45) is 0.470. The minimum absolute atomic E-state index is 0.0292. The topological polar surface area (TPSA) is 89.3 Å². The molecule has 0 atom stereocenters. The van der Waals surface area contributed by atoms with Crippen molar-refractivity contribution in [1.82, 2.24) is 5.32 Å². The lowest BCUT2D eigenvalue weighted by Gasteiger charge is -2.11. The van der Waals surface area contributed by atoms with Crippen LogP contribution in [0.2, 0.25) is 0 Å². The van der Waals surface area contributed by atoms with Crippen LogP contribution in [0, 0.1) is 0 Å². The summed E-state index contributed by atoms with van der Waals surface area (Å²) >= 11 is 16.1. The van der Waals surface area contributed by atoms with Gasteiger partial charge in [0.25, 0.3) is 9.70 Å². The third-order valence-corrected chi connectivity index (χ3v) is 3.65. The Morgan fingerprint density at radius 2 is 1.74 bits per heavy atom. The Morgan fingerprint density at radius 1 is 1.21 bits per heavy atom. The van der Waals surface area contributed by atoms with E-state index in [1.165, 1.54) is 12.1 Å². The Bertz CT molecular complexity index is 552. The molecule has 5 nitrogen and oxygen atoms in total. The van der Waals surface area contributed by atoms with Crippen LogP contribution in [0.25, 0.3) is 0 Å². The summed E-state index contributed by atoms with van der Waals surface area (Å²) in [5.41, 5.74) is 0.817. The summed E-state index contributed by atoms with van der Waals surface area (Å²) in [7, 11) is -3.69. The van der Waals surface area contributed by atoms with Crippen LogP contribution in [0.4, 0.5) is 0 Å². The molecule has 0 fully saturated rings. The summed E-state index contributed by atoms with van der Waals surface area (Å²) in [4.78, 5) is 11.3. The van der Waals surface area contributed by atoms with E-state index < -0.39 is 19.7 Å². The van der Waals surface area contributed by atoms with Crippen molar-refractivity contribution < 1.29 is 13.2 Å². The van der Waals surface area contributed by atoms with Gasteiger partial charge in [0.15, 0.2) is 0 Å². The smallest absolute Gasteiger partial charge is 0.272 e. The normalized spacial score (nSPS) is 12.2. The van der Waals surface area contributed by atoms with Crippen molar-refractivity contribution in [3.05, 3.63) is 29.8 Å². The molecule has 19 heavy (non-hydrogen) atoms. The Morgan fingerprint density at radius 3 is 2.16 bits per heavy atom.